The molecule has 0 amide bonds. The zero-order chi connectivity index (χ0) is 22.6. The third-order valence-corrected chi connectivity index (χ3v) is 5.65. The number of benzene rings is 2. The standard InChI is InChI=1S/C27H23NO5/c1-30-19-9-11-20(12-10-19)32-15-16-33-27(29)25-22-6-2-3-7-24(22)28-26-18(8-13-23(25)26)17-21-5-4-14-31-21/h2-7,9-12,14,17H,8,13,15-16H2,1H3/b18-17+. The lowest BCUT2D eigenvalue weighted by molar-refractivity contribution is 0.0451. The molecule has 0 unspecified atom stereocenters. The summed E-state index contributed by atoms with van der Waals surface area (Å²) in [5.74, 6) is 1.86. The molecule has 166 valence electrons. The van der Waals surface area contributed by atoms with E-state index in [4.69, 9.17) is 23.6 Å². The Balaban J connectivity index is 1.36. The molecule has 33 heavy (non-hydrogen) atoms. The maximum atomic E-state index is 13.2. The smallest absolute Gasteiger partial charge is 0.339 e. The van der Waals surface area contributed by atoms with Gasteiger partial charge in [0.2, 0.25) is 0 Å². The van der Waals surface area contributed by atoms with Crippen LogP contribution in [0.4, 0.5) is 0 Å². The highest BCUT2D eigenvalue weighted by Gasteiger charge is 2.27. The fourth-order valence-electron chi connectivity index (χ4n) is 4.10. The van der Waals surface area contributed by atoms with Crippen LogP contribution in [0.15, 0.2) is 71.3 Å². The highest BCUT2D eigenvalue weighted by atomic mass is 16.6. The van der Waals surface area contributed by atoms with E-state index in [2.05, 4.69) is 0 Å². The van der Waals surface area contributed by atoms with Crippen molar-refractivity contribution in [2.24, 2.45) is 0 Å². The minimum Gasteiger partial charge on any atom is -0.497 e. The Kier molecular flexibility index (Phi) is 5.81. The van der Waals surface area contributed by atoms with E-state index in [1.165, 1.54) is 0 Å². The fraction of sp³-hybridized carbons (Fsp3) is 0.185. The molecule has 2 aromatic carbocycles. The Morgan fingerprint density at radius 2 is 1.82 bits per heavy atom. The van der Waals surface area contributed by atoms with Crippen LogP contribution >= 0.6 is 0 Å². The second-order valence-corrected chi connectivity index (χ2v) is 7.68. The van der Waals surface area contributed by atoms with E-state index in [1.54, 1.807) is 13.4 Å². The highest BCUT2D eigenvalue weighted by molar-refractivity contribution is 6.07. The lowest BCUT2D eigenvalue weighted by atomic mass is 10.0. The molecular weight excluding hydrogens is 418 g/mol. The lowest BCUT2D eigenvalue weighted by Crippen LogP contribution is -2.15. The number of rotatable bonds is 7. The van der Waals surface area contributed by atoms with Crippen LogP contribution in [0.3, 0.4) is 0 Å². The zero-order valence-electron chi connectivity index (χ0n) is 18.2. The van der Waals surface area contributed by atoms with Gasteiger partial charge in [0.15, 0.2) is 0 Å². The van der Waals surface area contributed by atoms with Crippen molar-refractivity contribution < 1.29 is 23.4 Å². The number of nitrogens with zero attached hydrogens (tertiary/aromatic N) is 1. The average Bonchev–Trinajstić information content (AvgIpc) is 3.51. The van der Waals surface area contributed by atoms with Crippen LogP contribution in [0, 0.1) is 0 Å². The van der Waals surface area contributed by atoms with Gasteiger partial charge in [-0.25, -0.2) is 9.78 Å². The molecule has 0 atom stereocenters. The van der Waals surface area contributed by atoms with Crippen molar-refractivity contribution in [2.45, 2.75) is 12.8 Å². The van der Waals surface area contributed by atoms with Gasteiger partial charge < -0.3 is 18.6 Å². The van der Waals surface area contributed by atoms with Gasteiger partial charge in [0.25, 0.3) is 0 Å². The summed E-state index contributed by atoms with van der Waals surface area (Å²) in [5.41, 5.74) is 4.18. The number of hydrogen-bond acceptors (Lipinski definition) is 6. The molecule has 0 spiro atoms. The Labute approximate surface area is 191 Å². The number of carbonyl (C=O) groups is 1. The molecule has 0 N–H and O–H groups in total. The molecule has 0 saturated carbocycles. The van der Waals surface area contributed by atoms with E-state index in [9.17, 15) is 4.79 Å². The predicted molar refractivity (Wildman–Crippen MR) is 125 cm³/mol. The Morgan fingerprint density at radius 1 is 1.00 bits per heavy atom. The van der Waals surface area contributed by atoms with Gasteiger partial charge in [0.1, 0.15) is 30.5 Å². The first kappa shape index (κ1) is 20.8. The first-order valence-electron chi connectivity index (χ1n) is 10.8. The van der Waals surface area contributed by atoms with Crippen molar-refractivity contribution >= 4 is 28.5 Å². The minimum atomic E-state index is -0.359. The van der Waals surface area contributed by atoms with Crippen molar-refractivity contribution in [3.8, 4) is 11.5 Å². The topological polar surface area (TPSA) is 70.8 Å². The zero-order valence-corrected chi connectivity index (χ0v) is 18.2. The predicted octanol–water partition coefficient (Wildman–Crippen LogP) is 5.56. The third kappa shape index (κ3) is 4.32. The summed E-state index contributed by atoms with van der Waals surface area (Å²) >= 11 is 0. The molecular formula is C27H23NO5. The van der Waals surface area contributed by atoms with E-state index in [1.807, 2.05) is 66.7 Å². The molecule has 0 radical (unpaired) electrons. The van der Waals surface area contributed by atoms with Gasteiger partial charge in [-0.1, -0.05) is 18.2 Å². The molecule has 0 saturated heterocycles. The quantitative estimate of drug-likeness (QED) is 0.276. The number of hydrogen-bond donors (Lipinski definition) is 0. The second kappa shape index (κ2) is 9.20. The summed E-state index contributed by atoms with van der Waals surface area (Å²) in [4.78, 5) is 18.0. The van der Waals surface area contributed by atoms with Crippen LogP contribution in [0.1, 0.15) is 33.8 Å². The number of aromatic nitrogens is 1. The first-order chi connectivity index (χ1) is 16.2. The first-order valence-corrected chi connectivity index (χ1v) is 10.8. The maximum Gasteiger partial charge on any atom is 0.339 e. The number of furan rings is 1. The highest BCUT2D eigenvalue weighted by Crippen LogP contribution is 2.37. The monoisotopic (exact) mass is 441 g/mol. The number of carbonyl (C=O) groups excluding carboxylic acids is 1. The van der Waals surface area contributed by atoms with E-state index in [-0.39, 0.29) is 19.2 Å². The Bertz CT molecular complexity index is 1310. The molecule has 6 nitrogen and oxygen atoms in total. The van der Waals surface area contributed by atoms with Gasteiger partial charge in [0, 0.05) is 5.39 Å². The molecule has 1 aliphatic rings. The number of ether oxygens (including phenoxy) is 3. The summed E-state index contributed by atoms with van der Waals surface area (Å²) in [6.07, 6.45) is 5.16. The van der Waals surface area contributed by atoms with E-state index in [0.717, 1.165) is 52.1 Å². The van der Waals surface area contributed by atoms with E-state index < -0.39 is 0 Å². The van der Waals surface area contributed by atoms with Gasteiger partial charge in [0.05, 0.1) is 30.1 Å². The van der Waals surface area contributed by atoms with Crippen molar-refractivity contribution in [1.82, 2.24) is 4.98 Å². The van der Waals surface area contributed by atoms with Crippen LogP contribution in [0.25, 0.3) is 22.6 Å². The molecule has 4 aromatic rings. The SMILES string of the molecule is COc1ccc(OCCOC(=O)c2c3c(nc4ccccc24)/C(=C/c2ccco2)CC3)cc1. The molecule has 0 fully saturated rings. The van der Waals surface area contributed by atoms with Crippen LogP contribution in [0.5, 0.6) is 11.5 Å². The molecule has 2 heterocycles. The molecule has 1 aliphatic carbocycles. The van der Waals surface area contributed by atoms with Crippen molar-refractivity contribution in [3.05, 3.63) is 89.5 Å². The number of allylic oxidation sites excluding steroid dienone is 1. The Morgan fingerprint density at radius 3 is 2.61 bits per heavy atom. The summed E-state index contributed by atoms with van der Waals surface area (Å²) in [6.45, 7) is 0.401. The number of para-hydroxylation sites is 1. The normalized spacial score (nSPS) is 13.8. The number of fused-ring (bicyclic) bond motifs is 2. The van der Waals surface area contributed by atoms with Gasteiger partial charge in [-0.15, -0.1) is 0 Å². The van der Waals surface area contributed by atoms with Gasteiger partial charge in [-0.05, 0) is 72.5 Å². The number of pyridine rings is 1. The largest absolute Gasteiger partial charge is 0.497 e. The molecule has 5 rings (SSSR count). The maximum absolute atomic E-state index is 13.2. The minimum absolute atomic E-state index is 0.144. The van der Waals surface area contributed by atoms with E-state index >= 15 is 0 Å². The fourth-order valence-corrected chi connectivity index (χ4v) is 4.10. The van der Waals surface area contributed by atoms with Crippen LogP contribution in [-0.4, -0.2) is 31.3 Å². The second-order valence-electron chi connectivity index (χ2n) is 7.68. The summed E-state index contributed by atoms with van der Waals surface area (Å²) in [5, 5.41) is 0.802. The average molecular weight is 441 g/mol. The van der Waals surface area contributed by atoms with E-state index in [0.29, 0.717) is 11.3 Å². The van der Waals surface area contributed by atoms with Gasteiger partial charge >= 0.3 is 5.97 Å². The summed E-state index contributed by atoms with van der Waals surface area (Å²) in [6, 6.07) is 18.7. The molecule has 6 heteroatoms. The Hall–Kier alpha value is -4.06. The van der Waals surface area contributed by atoms with Gasteiger partial charge in [-0.2, -0.15) is 0 Å². The van der Waals surface area contributed by atoms with Crippen molar-refractivity contribution in [2.75, 3.05) is 20.3 Å². The van der Waals surface area contributed by atoms with Crippen molar-refractivity contribution in [1.29, 1.82) is 0 Å². The van der Waals surface area contributed by atoms with Gasteiger partial charge in [-0.3, -0.25) is 0 Å². The molecule has 0 aliphatic heterocycles. The third-order valence-electron chi connectivity index (χ3n) is 5.65. The summed E-state index contributed by atoms with van der Waals surface area (Å²) < 4.78 is 21.9. The molecule has 0 bridgehead atoms. The number of esters is 1. The summed E-state index contributed by atoms with van der Waals surface area (Å²) in [7, 11) is 1.62. The van der Waals surface area contributed by atoms with Crippen LogP contribution in [0.2, 0.25) is 0 Å². The number of methoxy groups -OCH3 is 1. The lowest BCUT2D eigenvalue weighted by Gasteiger charge is -2.13. The van der Waals surface area contributed by atoms with Crippen LogP contribution < -0.4 is 9.47 Å². The molecule has 2 aromatic heterocycles. The van der Waals surface area contributed by atoms with Crippen molar-refractivity contribution in [3.63, 3.8) is 0 Å². The van der Waals surface area contributed by atoms with Crippen LogP contribution in [-0.2, 0) is 11.2 Å².